The van der Waals surface area contributed by atoms with Crippen molar-refractivity contribution in [2.24, 2.45) is 0 Å². The SMILES string of the molecule is Cc1cccc(O)c1.O=C([O-])[O-].[K+].[K+]. The van der Waals surface area contributed by atoms with Crippen LogP contribution in [0.2, 0.25) is 0 Å². The minimum atomic E-state index is -2.33. The van der Waals surface area contributed by atoms with Crippen LogP contribution >= 0.6 is 0 Å². The molecule has 0 heterocycles. The fraction of sp³-hybridized carbons (Fsp3) is 0.125. The topological polar surface area (TPSA) is 83.4 Å². The Morgan fingerprint density at radius 3 is 1.93 bits per heavy atom. The molecule has 1 N–H and O–H groups in total. The first kappa shape index (κ1) is 20.9. The summed E-state index contributed by atoms with van der Waals surface area (Å²) in [6.45, 7) is 1.94. The molecule has 0 amide bonds. The molecule has 0 aliphatic carbocycles. The first-order chi connectivity index (χ1) is 5.52. The number of aryl methyl sites for hydroxylation is 1. The molecule has 14 heavy (non-hydrogen) atoms. The van der Waals surface area contributed by atoms with E-state index in [-0.39, 0.29) is 103 Å². The number of hydrogen-bond acceptors (Lipinski definition) is 4. The van der Waals surface area contributed by atoms with Crippen molar-refractivity contribution in [3.63, 3.8) is 0 Å². The van der Waals surface area contributed by atoms with Gasteiger partial charge < -0.3 is 20.1 Å². The normalized spacial score (nSPS) is 6.93. The minimum absolute atomic E-state index is 0. The van der Waals surface area contributed by atoms with Crippen molar-refractivity contribution in [3.8, 4) is 5.75 Å². The van der Waals surface area contributed by atoms with E-state index in [1.54, 1.807) is 12.1 Å². The molecular formula is C8H8K2O4. The molecule has 0 unspecified atom stereocenters. The molecule has 1 aromatic carbocycles. The number of hydrogen-bond donors (Lipinski definition) is 1. The molecule has 0 aliphatic rings. The van der Waals surface area contributed by atoms with Gasteiger partial charge in [0.2, 0.25) is 0 Å². The van der Waals surface area contributed by atoms with E-state index in [0.717, 1.165) is 5.56 Å². The number of carbonyl (C=O) groups is 1. The van der Waals surface area contributed by atoms with Crippen molar-refractivity contribution >= 4 is 6.16 Å². The van der Waals surface area contributed by atoms with E-state index in [1.807, 2.05) is 19.1 Å². The average molecular weight is 246 g/mol. The van der Waals surface area contributed by atoms with Crippen LogP contribution in [-0.2, 0) is 0 Å². The van der Waals surface area contributed by atoms with E-state index < -0.39 is 6.16 Å². The third-order valence-electron chi connectivity index (χ3n) is 1.00. The van der Waals surface area contributed by atoms with Crippen LogP contribution in [0.4, 0.5) is 4.79 Å². The average Bonchev–Trinajstić information content (AvgIpc) is 1.84. The van der Waals surface area contributed by atoms with Crippen LogP contribution in [0.15, 0.2) is 24.3 Å². The van der Waals surface area contributed by atoms with Crippen molar-refractivity contribution in [2.75, 3.05) is 0 Å². The second kappa shape index (κ2) is 12.6. The fourth-order valence-corrected chi connectivity index (χ4v) is 0.628. The Balaban J connectivity index is -0.000000180. The van der Waals surface area contributed by atoms with E-state index in [1.165, 1.54) is 0 Å². The zero-order valence-electron chi connectivity index (χ0n) is 8.48. The summed E-state index contributed by atoms with van der Waals surface area (Å²) in [5.41, 5.74) is 1.09. The molecule has 6 heteroatoms. The number of carbonyl (C=O) groups excluding carboxylic acids is 1. The van der Waals surface area contributed by atoms with Crippen LogP contribution in [0.25, 0.3) is 0 Å². The van der Waals surface area contributed by atoms with Crippen LogP contribution in [-0.4, -0.2) is 11.3 Å². The summed E-state index contributed by atoms with van der Waals surface area (Å²) in [4.78, 5) is 8.33. The largest absolute Gasteiger partial charge is 1.00 e. The quantitative estimate of drug-likeness (QED) is 0.461. The summed E-state index contributed by atoms with van der Waals surface area (Å²) in [7, 11) is 0. The zero-order valence-corrected chi connectivity index (χ0v) is 14.7. The van der Waals surface area contributed by atoms with Gasteiger partial charge in [-0.25, -0.2) is 0 Å². The monoisotopic (exact) mass is 246 g/mol. The van der Waals surface area contributed by atoms with Crippen LogP contribution in [0.1, 0.15) is 5.56 Å². The maximum Gasteiger partial charge on any atom is 1.00 e. The molecule has 0 saturated carbocycles. The molecule has 0 aliphatic heterocycles. The van der Waals surface area contributed by atoms with Gasteiger partial charge in [-0.1, -0.05) is 12.1 Å². The van der Waals surface area contributed by atoms with E-state index >= 15 is 0 Å². The van der Waals surface area contributed by atoms with Crippen LogP contribution in [0.5, 0.6) is 5.75 Å². The summed E-state index contributed by atoms with van der Waals surface area (Å²) in [5, 5.41) is 25.5. The maximum atomic E-state index is 8.81. The van der Waals surface area contributed by atoms with Gasteiger partial charge in [0.05, 0.1) is 0 Å². The second-order valence-electron chi connectivity index (χ2n) is 2.09. The summed E-state index contributed by atoms with van der Waals surface area (Å²) in [5.74, 6) is 0.338. The Kier molecular flexibility index (Phi) is 18.9. The van der Waals surface area contributed by atoms with Gasteiger partial charge in [0.1, 0.15) is 5.75 Å². The molecule has 0 fully saturated rings. The number of aromatic hydroxyl groups is 1. The molecule has 0 atom stereocenters. The molecule has 4 nitrogen and oxygen atoms in total. The number of benzene rings is 1. The van der Waals surface area contributed by atoms with Crippen molar-refractivity contribution in [3.05, 3.63) is 29.8 Å². The van der Waals surface area contributed by atoms with Gasteiger partial charge in [-0.3, -0.25) is 0 Å². The summed E-state index contributed by atoms with van der Waals surface area (Å²) >= 11 is 0. The van der Waals surface area contributed by atoms with Gasteiger partial charge in [0, 0.05) is 0 Å². The molecule has 0 radical (unpaired) electrons. The maximum absolute atomic E-state index is 8.81. The molecule has 0 bridgehead atoms. The summed E-state index contributed by atoms with van der Waals surface area (Å²) in [6, 6.07) is 7.15. The van der Waals surface area contributed by atoms with Crippen molar-refractivity contribution in [2.45, 2.75) is 6.92 Å². The third-order valence-corrected chi connectivity index (χ3v) is 1.00. The fourth-order valence-electron chi connectivity index (χ4n) is 0.628. The van der Waals surface area contributed by atoms with E-state index in [2.05, 4.69) is 0 Å². The summed E-state index contributed by atoms with van der Waals surface area (Å²) < 4.78 is 0. The van der Waals surface area contributed by atoms with Crippen LogP contribution in [0.3, 0.4) is 0 Å². The van der Waals surface area contributed by atoms with Crippen LogP contribution < -0.4 is 113 Å². The predicted molar refractivity (Wildman–Crippen MR) is 38.2 cm³/mol. The molecule has 0 saturated heterocycles. The third kappa shape index (κ3) is 16.0. The molecular weight excluding hydrogens is 238 g/mol. The first-order valence-electron chi connectivity index (χ1n) is 3.16. The molecule has 66 valence electrons. The van der Waals surface area contributed by atoms with Gasteiger partial charge in [0.15, 0.2) is 0 Å². The van der Waals surface area contributed by atoms with Crippen molar-refractivity contribution in [1.29, 1.82) is 0 Å². The molecule has 1 aromatic rings. The number of phenols is 1. The van der Waals surface area contributed by atoms with Crippen molar-refractivity contribution < 1.29 is 123 Å². The molecule has 0 aromatic heterocycles. The van der Waals surface area contributed by atoms with E-state index in [9.17, 15) is 0 Å². The molecule has 1 rings (SSSR count). The van der Waals surface area contributed by atoms with Crippen LogP contribution in [0, 0.1) is 6.92 Å². The Bertz CT molecular complexity index is 244. The molecule has 0 spiro atoms. The van der Waals surface area contributed by atoms with Gasteiger partial charge >= 0.3 is 103 Å². The minimum Gasteiger partial charge on any atom is -0.652 e. The van der Waals surface area contributed by atoms with Gasteiger partial charge in [-0.05, 0) is 30.8 Å². The Hall–Kier alpha value is 1.56. The summed E-state index contributed by atoms with van der Waals surface area (Å²) in [6.07, 6.45) is -2.33. The van der Waals surface area contributed by atoms with E-state index in [4.69, 9.17) is 20.1 Å². The number of rotatable bonds is 0. The number of phenolic OH excluding ortho intramolecular Hbond substituents is 1. The van der Waals surface area contributed by atoms with E-state index in [0.29, 0.717) is 5.75 Å². The van der Waals surface area contributed by atoms with Crippen molar-refractivity contribution in [1.82, 2.24) is 0 Å². The van der Waals surface area contributed by atoms with Gasteiger partial charge in [-0.15, -0.1) is 0 Å². The van der Waals surface area contributed by atoms with Gasteiger partial charge in [0.25, 0.3) is 0 Å². The Labute approximate surface area is 168 Å². The standard InChI is InChI=1S/C7H8O.CH2O3.2K/c1-6-3-2-4-7(8)5-6;2-1(3)4;;/h2-5,8H,1H3;(H2,2,3,4);;/q;;2*+1/p-2. The smallest absolute Gasteiger partial charge is 0.652 e. The Morgan fingerprint density at radius 1 is 1.29 bits per heavy atom. The predicted octanol–water partition coefficient (Wildman–Crippen LogP) is -6.74. The Morgan fingerprint density at radius 2 is 1.71 bits per heavy atom. The van der Waals surface area contributed by atoms with Gasteiger partial charge in [-0.2, -0.15) is 0 Å². The second-order valence-corrected chi connectivity index (χ2v) is 2.09. The number of carboxylic acid groups (broad SMARTS) is 2. The first-order valence-corrected chi connectivity index (χ1v) is 3.16. The zero-order chi connectivity index (χ0) is 9.56.